The second kappa shape index (κ2) is 7.01. The molecule has 20 heavy (non-hydrogen) atoms. The number of hydrogen-bond acceptors (Lipinski definition) is 4. The Kier molecular flexibility index (Phi) is 5.07. The van der Waals surface area contributed by atoms with Crippen molar-refractivity contribution in [1.82, 2.24) is 15.3 Å². The molecule has 0 atom stereocenters. The molecule has 0 radical (unpaired) electrons. The molecule has 0 fully saturated rings. The van der Waals surface area contributed by atoms with E-state index in [2.05, 4.69) is 48.2 Å². The smallest absolute Gasteiger partial charge is 0.166 e. The van der Waals surface area contributed by atoms with Gasteiger partial charge < -0.3 is 10.1 Å². The molecule has 0 spiro atoms. The molecule has 4 nitrogen and oxygen atoms in total. The van der Waals surface area contributed by atoms with Crippen molar-refractivity contribution < 1.29 is 4.74 Å². The Morgan fingerprint density at radius 2 is 1.75 bits per heavy atom. The van der Waals surface area contributed by atoms with Gasteiger partial charge in [0.1, 0.15) is 12.4 Å². The summed E-state index contributed by atoms with van der Waals surface area (Å²) in [5.41, 5.74) is 3.58. The van der Waals surface area contributed by atoms with Crippen LogP contribution in [0.1, 0.15) is 29.4 Å². The first-order valence-corrected chi connectivity index (χ1v) is 6.90. The fraction of sp³-hybridized carbons (Fsp3) is 0.375. The number of aromatic nitrogens is 2. The maximum Gasteiger partial charge on any atom is 0.166 e. The summed E-state index contributed by atoms with van der Waals surface area (Å²) >= 11 is 0. The topological polar surface area (TPSA) is 47.0 Å². The zero-order chi connectivity index (χ0) is 14.4. The summed E-state index contributed by atoms with van der Waals surface area (Å²) in [6, 6.07) is 6.13. The van der Waals surface area contributed by atoms with E-state index in [9.17, 15) is 0 Å². The fourth-order valence-corrected chi connectivity index (χ4v) is 2.18. The maximum absolute atomic E-state index is 5.87. The van der Waals surface area contributed by atoms with Gasteiger partial charge in [-0.15, -0.1) is 0 Å². The quantitative estimate of drug-likeness (QED) is 0.877. The van der Waals surface area contributed by atoms with Gasteiger partial charge in [-0.1, -0.05) is 19.1 Å². The van der Waals surface area contributed by atoms with Gasteiger partial charge in [0.25, 0.3) is 0 Å². The van der Waals surface area contributed by atoms with Gasteiger partial charge in [0, 0.05) is 18.9 Å². The number of ether oxygens (including phenoxy) is 1. The first kappa shape index (κ1) is 14.5. The molecule has 1 aromatic carbocycles. The number of aryl methyl sites for hydroxylation is 2. The van der Waals surface area contributed by atoms with E-state index >= 15 is 0 Å². The van der Waals surface area contributed by atoms with Gasteiger partial charge >= 0.3 is 0 Å². The molecule has 0 unspecified atom stereocenters. The SMILES string of the molecule is CCNCc1cc(C)c(OCc2ncccn2)c(C)c1. The Morgan fingerprint density at radius 3 is 2.35 bits per heavy atom. The minimum atomic E-state index is 0.398. The fourth-order valence-electron chi connectivity index (χ4n) is 2.18. The molecule has 0 saturated carbocycles. The Morgan fingerprint density at radius 1 is 1.10 bits per heavy atom. The van der Waals surface area contributed by atoms with Gasteiger partial charge in [0.2, 0.25) is 0 Å². The average molecular weight is 271 g/mol. The van der Waals surface area contributed by atoms with E-state index in [1.54, 1.807) is 18.5 Å². The number of hydrogen-bond donors (Lipinski definition) is 1. The molecule has 106 valence electrons. The van der Waals surface area contributed by atoms with Crippen molar-refractivity contribution in [3.63, 3.8) is 0 Å². The lowest BCUT2D eigenvalue weighted by atomic mass is 10.1. The van der Waals surface area contributed by atoms with Gasteiger partial charge in [-0.3, -0.25) is 0 Å². The van der Waals surface area contributed by atoms with Gasteiger partial charge in [-0.25, -0.2) is 9.97 Å². The van der Waals surface area contributed by atoms with Crippen molar-refractivity contribution in [3.05, 3.63) is 53.1 Å². The highest BCUT2D eigenvalue weighted by atomic mass is 16.5. The van der Waals surface area contributed by atoms with Crippen LogP contribution in [-0.2, 0) is 13.2 Å². The summed E-state index contributed by atoms with van der Waals surface area (Å²) in [4.78, 5) is 8.33. The Bertz CT molecular complexity index is 532. The lowest BCUT2D eigenvalue weighted by Gasteiger charge is -2.14. The van der Waals surface area contributed by atoms with Crippen LogP contribution >= 0.6 is 0 Å². The zero-order valence-electron chi connectivity index (χ0n) is 12.3. The normalized spacial score (nSPS) is 10.6. The molecule has 0 saturated heterocycles. The van der Waals surface area contributed by atoms with Crippen LogP contribution in [0.2, 0.25) is 0 Å². The van der Waals surface area contributed by atoms with Crippen molar-refractivity contribution in [2.45, 2.75) is 33.9 Å². The van der Waals surface area contributed by atoms with Crippen LogP contribution in [0.5, 0.6) is 5.75 Å². The zero-order valence-corrected chi connectivity index (χ0v) is 12.3. The van der Waals surface area contributed by atoms with Gasteiger partial charge in [-0.2, -0.15) is 0 Å². The van der Waals surface area contributed by atoms with Crippen molar-refractivity contribution in [3.8, 4) is 5.75 Å². The number of rotatable bonds is 6. The van der Waals surface area contributed by atoms with Gasteiger partial charge in [-0.05, 0) is 43.1 Å². The van der Waals surface area contributed by atoms with Crippen molar-refractivity contribution in [2.24, 2.45) is 0 Å². The predicted octanol–water partition coefficient (Wildman–Crippen LogP) is 2.78. The largest absolute Gasteiger partial charge is 0.485 e. The second-order valence-electron chi connectivity index (χ2n) is 4.79. The minimum absolute atomic E-state index is 0.398. The van der Waals surface area contributed by atoms with E-state index in [-0.39, 0.29) is 0 Å². The molecule has 4 heteroatoms. The molecule has 0 amide bonds. The third-order valence-corrected chi connectivity index (χ3v) is 3.06. The third-order valence-electron chi connectivity index (χ3n) is 3.06. The van der Waals surface area contributed by atoms with Crippen molar-refractivity contribution in [2.75, 3.05) is 6.54 Å². The molecule has 0 aliphatic carbocycles. The number of nitrogens with zero attached hydrogens (tertiary/aromatic N) is 2. The molecule has 2 rings (SSSR count). The second-order valence-corrected chi connectivity index (χ2v) is 4.79. The molecular weight excluding hydrogens is 250 g/mol. The van der Waals surface area contributed by atoms with Crippen LogP contribution in [0, 0.1) is 13.8 Å². The first-order chi connectivity index (χ1) is 9.70. The average Bonchev–Trinajstić information content (AvgIpc) is 2.45. The minimum Gasteiger partial charge on any atom is -0.485 e. The highest BCUT2D eigenvalue weighted by Gasteiger charge is 2.07. The molecule has 2 aromatic rings. The van der Waals surface area contributed by atoms with Crippen LogP contribution in [0.4, 0.5) is 0 Å². The van der Waals surface area contributed by atoms with E-state index < -0.39 is 0 Å². The monoisotopic (exact) mass is 271 g/mol. The lowest BCUT2D eigenvalue weighted by Crippen LogP contribution is -2.12. The molecule has 0 aliphatic heterocycles. The van der Waals surface area contributed by atoms with Crippen LogP contribution in [0.3, 0.4) is 0 Å². The van der Waals surface area contributed by atoms with Gasteiger partial charge in [0.05, 0.1) is 0 Å². The van der Waals surface area contributed by atoms with Crippen LogP contribution in [0.25, 0.3) is 0 Å². The van der Waals surface area contributed by atoms with E-state index in [0.29, 0.717) is 12.4 Å². The summed E-state index contributed by atoms with van der Waals surface area (Å²) in [5.74, 6) is 1.63. The third kappa shape index (κ3) is 3.78. The first-order valence-electron chi connectivity index (χ1n) is 6.90. The summed E-state index contributed by atoms with van der Waals surface area (Å²) in [7, 11) is 0. The van der Waals surface area contributed by atoms with E-state index in [1.807, 2.05) is 0 Å². The van der Waals surface area contributed by atoms with Gasteiger partial charge in [0.15, 0.2) is 5.82 Å². The number of benzene rings is 1. The van der Waals surface area contributed by atoms with E-state index in [4.69, 9.17) is 4.74 Å². The van der Waals surface area contributed by atoms with Crippen LogP contribution in [0.15, 0.2) is 30.6 Å². The van der Waals surface area contributed by atoms with E-state index in [0.717, 1.165) is 30.0 Å². The maximum atomic E-state index is 5.87. The molecule has 1 aromatic heterocycles. The summed E-state index contributed by atoms with van der Waals surface area (Å²) in [5, 5.41) is 3.34. The standard InChI is InChI=1S/C16H21N3O/c1-4-17-10-14-8-12(2)16(13(3)9-14)20-11-15-18-6-5-7-19-15/h5-9,17H,4,10-11H2,1-3H3. The van der Waals surface area contributed by atoms with E-state index in [1.165, 1.54) is 5.56 Å². The molecule has 0 bridgehead atoms. The molecular formula is C16H21N3O. The molecule has 1 N–H and O–H groups in total. The van der Waals surface area contributed by atoms with Crippen LogP contribution in [-0.4, -0.2) is 16.5 Å². The lowest BCUT2D eigenvalue weighted by molar-refractivity contribution is 0.291. The number of nitrogens with one attached hydrogen (secondary N) is 1. The Balaban J connectivity index is 2.08. The van der Waals surface area contributed by atoms with Crippen LogP contribution < -0.4 is 10.1 Å². The highest BCUT2D eigenvalue weighted by molar-refractivity contribution is 5.43. The summed E-state index contributed by atoms with van der Waals surface area (Å²) in [6.45, 7) is 8.52. The Labute approximate surface area is 120 Å². The molecule has 1 heterocycles. The summed E-state index contributed by atoms with van der Waals surface area (Å²) in [6.07, 6.45) is 3.45. The van der Waals surface area contributed by atoms with Crippen molar-refractivity contribution >= 4 is 0 Å². The van der Waals surface area contributed by atoms with Crippen molar-refractivity contribution in [1.29, 1.82) is 0 Å². The molecule has 0 aliphatic rings. The summed E-state index contributed by atoms with van der Waals surface area (Å²) < 4.78 is 5.87. The predicted molar refractivity (Wildman–Crippen MR) is 79.7 cm³/mol. The highest BCUT2D eigenvalue weighted by Crippen LogP contribution is 2.25. The Hall–Kier alpha value is -1.94.